The second kappa shape index (κ2) is 4.41. The molecule has 6 heteroatoms. The van der Waals surface area contributed by atoms with Crippen molar-refractivity contribution in [2.75, 3.05) is 0 Å². The van der Waals surface area contributed by atoms with Gasteiger partial charge >= 0.3 is 0 Å². The maximum atomic E-state index is 8.89. The standard InChI is InChI=1S/C12H7ClN4S/c13-12-8-3-1-2-4-9(8)18-10(12)6-17-7-15-16-11(17)5-14/h1-4,7H,6H2. The topological polar surface area (TPSA) is 54.5 Å². The summed E-state index contributed by atoms with van der Waals surface area (Å²) in [6, 6.07) is 9.98. The van der Waals surface area contributed by atoms with Gasteiger partial charge in [-0.1, -0.05) is 29.8 Å². The van der Waals surface area contributed by atoms with Crippen molar-refractivity contribution >= 4 is 33.0 Å². The van der Waals surface area contributed by atoms with Crippen molar-refractivity contribution in [2.24, 2.45) is 0 Å². The van der Waals surface area contributed by atoms with E-state index in [1.807, 2.05) is 30.3 Å². The van der Waals surface area contributed by atoms with Gasteiger partial charge in [0.15, 0.2) is 0 Å². The largest absolute Gasteiger partial charge is 0.300 e. The number of nitriles is 1. The molecule has 0 unspecified atom stereocenters. The molecule has 1 aromatic carbocycles. The van der Waals surface area contributed by atoms with Crippen LogP contribution in [0.5, 0.6) is 0 Å². The van der Waals surface area contributed by atoms with Crippen LogP contribution in [0, 0.1) is 11.3 Å². The third kappa shape index (κ3) is 1.76. The number of rotatable bonds is 2. The molecule has 0 fully saturated rings. The Morgan fingerprint density at radius 3 is 3.00 bits per heavy atom. The Kier molecular flexibility index (Phi) is 2.74. The maximum absolute atomic E-state index is 8.89. The zero-order chi connectivity index (χ0) is 12.5. The third-order valence-corrected chi connectivity index (χ3v) is 4.33. The minimum atomic E-state index is 0.295. The lowest BCUT2D eigenvalue weighted by Gasteiger charge is -1.99. The Labute approximate surface area is 112 Å². The molecule has 3 aromatic rings. The smallest absolute Gasteiger partial charge is 0.235 e. The Balaban J connectivity index is 2.06. The van der Waals surface area contributed by atoms with E-state index in [0.717, 1.165) is 20.0 Å². The van der Waals surface area contributed by atoms with E-state index in [-0.39, 0.29) is 0 Å². The van der Waals surface area contributed by atoms with E-state index in [9.17, 15) is 0 Å². The normalized spacial score (nSPS) is 10.7. The fourth-order valence-electron chi connectivity index (χ4n) is 1.78. The van der Waals surface area contributed by atoms with Crippen molar-refractivity contribution in [3.63, 3.8) is 0 Å². The average Bonchev–Trinajstić information content (AvgIpc) is 2.96. The van der Waals surface area contributed by atoms with Crippen LogP contribution in [-0.4, -0.2) is 14.8 Å². The highest BCUT2D eigenvalue weighted by Crippen LogP contribution is 2.35. The lowest BCUT2D eigenvalue weighted by Crippen LogP contribution is -2.00. The van der Waals surface area contributed by atoms with E-state index < -0.39 is 0 Å². The number of hydrogen-bond donors (Lipinski definition) is 0. The number of halogens is 1. The SMILES string of the molecule is N#Cc1nncn1Cc1sc2ccccc2c1Cl. The number of hydrogen-bond acceptors (Lipinski definition) is 4. The molecule has 0 atom stereocenters. The van der Waals surface area contributed by atoms with Crippen molar-refractivity contribution in [1.82, 2.24) is 14.8 Å². The number of thiophene rings is 1. The summed E-state index contributed by atoms with van der Waals surface area (Å²) in [7, 11) is 0. The zero-order valence-electron chi connectivity index (χ0n) is 9.17. The molecule has 18 heavy (non-hydrogen) atoms. The predicted molar refractivity (Wildman–Crippen MR) is 70.7 cm³/mol. The van der Waals surface area contributed by atoms with Gasteiger partial charge in [-0.2, -0.15) is 5.26 Å². The van der Waals surface area contributed by atoms with Gasteiger partial charge in [0.05, 0.1) is 11.6 Å². The van der Waals surface area contributed by atoms with Crippen molar-refractivity contribution in [1.29, 1.82) is 5.26 Å². The molecule has 2 aromatic heterocycles. The zero-order valence-corrected chi connectivity index (χ0v) is 10.7. The van der Waals surface area contributed by atoms with Crippen molar-refractivity contribution in [3.05, 3.63) is 46.3 Å². The minimum absolute atomic E-state index is 0.295. The molecule has 0 amide bonds. The first-order valence-corrected chi connectivity index (χ1v) is 6.43. The van der Waals surface area contributed by atoms with Crippen LogP contribution in [0.15, 0.2) is 30.6 Å². The maximum Gasteiger partial charge on any atom is 0.235 e. The number of benzene rings is 1. The average molecular weight is 275 g/mol. The van der Waals surface area contributed by atoms with Crippen LogP contribution >= 0.6 is 22.9 Å². The Morgan fingerprint density at radius 1 is 1.39 bits per heavy atom. The summed E-state index contributed by atoms with van der Waals surface area (Å²) in [5.41, 5.74) is 0. The lowest BCUT2D eigenvalue weighted by atomic mass is 10.2. The molecule has 2 heterocycles. The Morgan fingerprint density at radius 2 is 2.22 bits per heavy atom. The summed E-state index contributed by atoms with van der Waals surface area (Å²) in [5.74, 6) is 0.295. The second-order valence-corrected chi connectivity index (χ2v) is 5.24. The highest BCUT2D eigenvalue weighted by Gasteiger charge is 2.12. The first kappa shape index (κ1) is 11.2. The Hall–Kier alpha value is -1.90. The van der Waals surface area contributed by atoms with Gasteiger partial charge in [-0.15, -0.1) is 21.5 Å². The number of nitrogens with zero attached hydrogens (tertiary/aromatic N) is 4. The molecule has 4 nitrogen and oxygen atoms in total. The molecule has 88 valence electrons. The molecule has 0 saturated heterocycles. The number of aromatic nitrogens is 3. The highest BCUT2D eigenvalue weighted by molar-refractivity contribution is 7.19. The van der Waals surface area contributed by atoms with Crippen molar-refractivity contribution in [3.8, 4) is 6.07 Å². The summed E-state index contributed by atoms with van der Waals surface area (Å²) in [4.78, 5) is 1.01. The van der Waals surface area contributed by atoms with Crippen LogP contribution in [0.4, 0.5) is 0 Å². The fourth-order valence-corrected chi connectivity index (χ4v) is 3.27. The second-order valence-electron chi connectivity index (χ2n) is 3.73. The molecule has 0 saturated carbocycles. The van der Waals surface area contributed by atoms with Gasteiger partial charge in [0, 0.05) is 15.0 Å². The van der Waals surface area contributed by atoms with E-state index in [1.165, 1.54) is 0 Å². The monoisotopic (exact) mass is 274 g/mol. The summed E-state index contributed by atoms with van der Waals surface area (Å²) in [5, 5.41) is 18.1. The van der Waals surface area contributed by atoms with Crippen LogP contribution in [0.2, 0.25) is 5.02 Å². The summed E-state index contributed by atoms with van der Waals surface area (Å²) in [6.45, 7) is 0.522. The van der Waals surface area contributed by atoms with E-state index in [4.69, 9.17) is 16.9 Å². The summed E-state index contributed by atoms with van der Waals surface area (Å²) in [6.07, 6.45) is 1.54. The van der Waals surface area contributed by atoms with E-state index in [0.29, 0.717) is 12.4 Å². The number of fused-ring (bicyclic) bond motifs is 1. The van der Waals surface area contributed by atoms with Gasteiger partial charge in [-0.25, -0.2) is 0 Å². The van der Waals surface area contributed by atoms with E-state index >= 15 is 0 Å². The molecule has 3 rings (SSSR count). The van der Waals surface area contributed by atoms with Gasteiger partial charge in [-0.3, -0.25) is 4.57 Å². The molecule has 0 bridgehead atoms. The van der Waals surface area contributed by atoms with E-state index in [2.05, 4.69) is 10.2 Å². The lowest BCUT2D eigenvalue weighted by molar-refractivity contribution is 0.792. The van der Waals surface area contributed by atoms with Gasteiger partial charge in [-0.05, 0) is 6.07 Å². The first-order valence-electron chi connectivity index (χ1n) is 5.23. The molecule has 0 N–H and O–H groups in total. The first-order chi connectivity index (χ1) is 8.79. The molecule has 0 radical (unpaired) electrons. The van der Waals surface area contributed by atoms with Gasteiger partial charge in [0.25, 0.3) is 0 Å². The van der Waals surface area contributed by atoms with Gasteiger partial charge < -0.3 is 0 Å². The van der Waals surface area contributed by atoms with Crippen molar-refractivity contribution < 1.29 is 0 Å². The van der Waals surface area contributed by atoms with Crippen LogP contribution in [0.3, 0.4) is 0 Å². The van der Waals surface area contributed by atoms with Gasteiger partial charge in [0.2, 0.25) is 5.82 Å². The van der Waals surface area contributed by atoms with Crippen LogP contribution in [-0.2, 0) is 6.54 Å². The Bertz CT molecular complexity index is 753. The quantitative estimate of drug-likeness (QED) is 0.722. The minimum Gasteiger partial charge on any atom is -0.300 e. The highest BCUT2D eigenvalue weighted by atomic mass is 35.5. The molecule has 0 aliphatic carbocycles. The van der Waals surface area contributed by atoms with Gasteiger partial charge in [0.1, 0.15) is 12.4 Å². The molecule has 0 aliphatic rings. The molecular formula is C12H7ClN4S. The predicted octanol–water partition coefficient (Wildman–Crippen LogP) is 3.07. The summed E-state index contributed by atoms with van der Waals surface area (Å²) < 4.78 is 2.83. The molecule has 0 spiro atoms. The third-order valence-electron chi connectivity index (χ3n) is 2.63. The van der Waals surface area contributed by atoms with E-state index in [1.54, 1.807) is 22.2 Å². The fraction of sp³-hybridized carbons (Fsp3) is 0.0833. The van der Waals surface area contributed by atoms with Crippen LogP contribution in [0.25, 0.3) is 10.1 Å². The molecular weight excluding hydrogens is 268 g/mol. The van der Waals surface area contributed by atoms with Crippen LogP contribution < -0.4 is 0 Å². The van der Waals surface area contributed by atoms with Crippen LogP contribution in [0.1, 0.15) is 10.7 Å². The van der Waals surface area contributed by atoms with Crippen molar-refractivity contribution in [2.45, 2.75) is 6.54 Å². The summed E-state index contributed by atoms with van der Waals surface area (Å²) >= 11 is 7.97. The molecule has 0 aliphatic heterocycles.